The van der Waals surface area contributed by atoms with Crippen molar-refractivity contribution in [3.05, 3.63) is 0 Å². The molecular weight excluding hydrogens is 236 g/mol. The van der Waals surface area contributed by atoms with Gasteiger partial charge in [0.05, 0.1) is 12.9 Å². The lowest BCUT2D eigenvalue weighted by Gasteiger charge is -2.15. The highest BCUT2D eigenvalue weighted by Crippen LogP contribution is 2.18. The van der Waals surface area contributed by atoms with Crippen LogP contribution >= 0.6 is 0 Å². The van der Waals surface area contributed by atoms with Crippen LogP contribution in [-0.4, -0.2) is 21.3 Å². The predicted molar refractivity (Wildman–Crippen MR) is 72.6 cm³/mol. The Morgan fingerprint density at radius 1 is 0.941 bits per heavy atom. The number of unbranched alkanes of at least 4 members (excludes halogenated alkanes) is 4. The fourth-order valence-corrected chi connectivity index (χ4v) is 2.32. The van der Waals surface area contributed by atoms with Crippen LogP contribution in [0.3, 0.4) is 0 Å². The van der Waals surface area contributed by atoms with Gasteiger partial charge in [-0.2, -0.15) is 8.42 Å². The van der Waals surface area contributed by atoms with E-state index in [4.69, 9.17) is 4.18 Å². The molecule has 0 heterocycles. The van der Waals surface area contributed by atoms with Gasteiger partial charge in [-0.1, -0.05) is 52.4 Å². The van der Waals surface area contributed by atoms with Gasteiger partial charge in [0.1, 0.15) is 0 Å². The number of hydrogen-bond donors (Lipinski definition) is 0. The van der Waals surface area contributed by atoms with Crippen LogP contribution in [0.4, 0.5) is 0 Å². The Morgan fingerprint density at radius 2 is 1.53 bits per heavy atom. The van der Waals surface area contributed by atoms with Crippen molar-refractivity contribution < 1.29 is 12.6 Å². The smallest absolute Gasteiger partial charge is 0.264 e. The molecule has 3 nitrogen and oxygen atoms in total. The molecule has 0 radical (unpaired) electrons. The van der Waals surface area contributed by atoms with Crippen LogP contribution in [0.15, 0.2) is 0 Å². The molecule has 0 saturated carbocycles. The van der Waals surface area contributed by atoms with E-state index in [1.807, 2.05) is 0 Å². The SMILES string of the molecule is CCCCCCC(CCCC)COS(C)(=O)=O. The topological polar surface area (TPSA) is 43.4 Å². The van der Waals surface area contributed by atoms with Crippen molar-refractivity contribution in [2.75, 3.05) is 12.9 Å². The second-order valence-electron chi connectivity index (χ2n) is 4.85. The fourth-order valence-electron chi connectivity index (χ4n) is 1.88. The highest BCUT2D eigenvalue weighted by molar-refractivity contribution is 7.85. The van der Waals surface area contributed by atoms with Gasteiger partial charge in [-0.05, 0) is 18.8 Å². The summed E-state index contributed by atoms with van der Waals surface area (Å²) in [6.45, 7) is 4.72. The van der Waals surface area contributed by atoms with Gasteiger partial charge in [0.2, 0.25) is 0 Å². The molecule has 104 valence electrons. The molecule has 0 aromatic heterocycles. The second kappa shape index (κ2) is 9.89. The molecule has 1 unspecified atom stereocenters. The fraction of sp³-hybridized carbons (Fsp3) is 1.00. The van der Waals surface area contributed by atoms with E-state index >= 15 is 0 Å². The van der Waals surface area contributed by atoms with Gasteiger partial charge >= 0.3 is 0 Å². The lowest BCUT2D eigenvalue weighted by Crippen LogP contribution is -2.13. The first-order valence-corrected chi connectivity index (χ1v) is 8.65. The first-order valence-electron chi connectivity index (χ1n) is 6.84. The highest BCUT2D eigenvalue weighted by atomic mass is 32.2. The summed E-state index contributed by atoms with van der Waals surface area (Å²) in [5.41, 5.74) is 0. The quantitative estimate of drug-likeness (QED) is 0.422. The van der Waals surface area contributed by atoms with E-state index in [-0.39, 0.29) is 0 Å². The molecule has 0 rings (SSSR count). The molecule has 0 aromatic rings. The van der Waals surface area contributed by atoms with Gasteiger partial charge in [0, 0.05) is 0 Å². The van der Waals surface area contributed by atoms with Crippen molar-refractivity contribution in [2.24, 2.45) is 5.92 Å². The third kappa shape index (κ3) is 12.2. The zero-order valence-corrected chi connectivity index (χ0v) is 12.4. The minimum atomic E-state index is -3.28. The normalized spacial score (nSPS) is 13.8. The Hall–Kier alpha value is -0.0900. The van der Waals surface area contributed by atoms with Gasteiger partial charge in [-0.15, -0.1) is 0 Å². The van der Waals surface area contributed by atoms with Crippen LogP contribution in [0.1, 0.15) is 65.2 Å². The lowest BCUT2D eigenvalue weighted by atomic mass is 9.96. The molecule has 1 atom stereocenters. The Labute approximate surface area is 107 Å². The molecule has 0 spiro atoms. The Kier molecular flexibility index (Phi) is 9.84. The molecule has 0 aliphatic heterocycles. The Bertz CT molecular complexity index is 260. The van der Waals surface area contributed by atoms with Gasteiger partial charge in [-0.3, -0.25) is 4.18 Å². The number of hydrogen-bond acceptors (Lipinski definition) is 3. The molecule has 0 aliphatic rings. The largest absolute Gasteiger partial charge is 0.270 e. The van der Waals surface area contributed by atoms with E-state index in [0.717, 1.165) is 31.9 Å². The zero-order valence-electron chi connectivity index (χ0n) is 11.6. The van der Waals surface area contributed by atoms with Crippen molar-refractivity contribution in [1.82, 2.24) is 0 Å². The summed E-state index contributed by atoms with van der Waals surface area (Å²) in [5, 5.41) is 0. The maximum Gasteiger partial charge on any atom is 0.264 e. The first kappa shape index (κ1) is 16.9. The van der Waals surface area contributed by atoms with E-state index in [0.29, 0.717) is 12.5 Å². The monoisotopic (exact) mass is 264 g/mol. The van der Waals surface area contributed by atoms with Crippen LogP contribution in [-0.2, 0) is 14.3 Å². The summed E-state index contributed by atoms with van der Waals surface area (Å²) < 4.78 is 26.8. The van der Waals surface area contributed by atoms with E-state index in [1.54, 1.807) is 0 Å². The van der Waals surface area contributed by atoms with E-state index in [1.165, 1.54) is 25.7 Å². The average molecular weight is 264 g/mol. The third-order valence-corrected chi connectivity index (χ3v) is 3.51. The van der Waals surface area contributed by atoms with Crippen LogP contribution in [0.5, 0.6) is 0 Å². The summed E-state index contributed by atoms with van der Waals surface area (Å²) in [4.78, 5) is 0. The van der Waals surface area contributed by atoms with Gasteiger partial charge in [0.25, 0.3) is 10.1 Å². The summed E-state index contributed by atoms with van der Waals surface area (Å²) in [5.74, 6) is 0.404. The van der Waals surface area contributed by atoms with Gasteiger partial charge in [-0.25, -0.2) is 0 Å². The molecule has 4 heteroatoms. The number of rotatable bonds is 11. The van der Waals surface area contributed by atoms with E-state index < -0.39 is 10.1 Å². The second-order valence-corrected chi connectivity index (χ2v) is 6.49. The molecule has 0 fully saturated rings. The van der Waals surface area contributed by atoms with Crippen LogP contribution < -0.4 is 0 Å². The van der Waals surface area contributed by atoms with Gasteiger partial charge < -0.3 is 0 Å². The molecular formula is C13H28O3S. The van der Waals surface area contributed by atoms with Crippen molar-refractivity contribution >= 4 is 10.1 Å². The van der Waals surface area contributed by atoms with Crippen LogP contribution in [0.25, 0.3) is 0 Å². The summed E-state index contributed by atoms with van der Waals surface area (Å²) in [6, 6.07) is 0. The average Bonchev–Trinajstić information content (AvgIpc) is 2.25. The predicted octanol–water partition coefficient (Wildman–Crippen LogP) is 3.74. The summed E-state index contributed by atoms with van der Waals surface area (Å²) in [7, 11) is -3.28. The Morgan fingerprint density at radius 3 is 2.06 bits per heavy atom. The molecule has 0 N–H and O–H groups in total. The molecule has 0 bridgehead atoms. The molecule has 0 aliphatic carbocycles. The van der Waals surface area contributed by atoms with Crippen molar-refractivity contribution in [2.45, 2.75) is 65.2 Å². The van der Waals surface area contributed by atoms with Gasteiger partial charge in [0.15, 0.2) is 0 Å². The minimum absolute atomic E-state index is 0.366. The van der Waals surface area contributed by atoms with Crippen LogP contribution in [0, 0.1) is 5.92 Å². The molecule has 0 aromatic carbocycles. The maximum atomic E-state index is 11.0. The van der Waals surface area contributed by atoms with E-state index in [9.17, 15) is 8.42 Å². The summed E-state index contributed by atoms with van der Waals surface area (Å²) >= 11 is 0. The zero-order chi connectivity index (χ0) is 13.1. The Balaban J connectivity index is 3.87. The standard InChI is InChI=1S/C13H28O3S/c1-4-6-8-9-11-13(10-7-5-2)12-16-17(3,14)15/h13H,4-12H2,1-3H3. The van der Waals surface area contributed by atoms with Crippen molar-refractivity contribution in [3.63, 3.8) is 0 Å². The molecule has 0 amide bonds. The highest BCUT2D eigenvalue weighted by Gasteiger charge is 2.12. The van der Waals surface area contributed by atoms with Crippen molar-refractivity contribution in [1.29, 1.82) is 0 Å². The van der Waals surface area contributed by atoms with Crippen molar-refractivity contribution in [3.8, 4) is 0 Å². The van der Waals surface area contributed by atoms with Crippen LogP contribution in [0.2, 0.25) is 0 Å². The summed E-state index contributed by atoms with van der Waals surface area (Å²) in [6.07, 6.45) is 10.6. The maximum absolute atomic E-state index is 11.0. The lowest BCUT2D eigenvalue weighted by molar-refractivity contribution is 0.232. The molecule has 17 heavy (non-hydrogen) atoms. The third-order valence-electron chi connectivity index (χ3n) is 2.95. The first-order chi connectivity index (χ1) is 7.99. The minimum Gasteiger partial charge on any atom is -0.270 e. The molecule has 0 saturated heterocycles. The van der Waals surface area contributed by atoms with E-state index in [2.05, 4.69) is 13.8 Å².